The third-order valence-corrected chi connectivity index (χ3v) is 6.15. The van der Waals surface area contributed by atoms with Crippen LogP contribution in [0, 0.1) is 0 Å². The van der Waals surface area contributed by atoms with E-state index in [0.717, 1.165) is 14.5 Å². The summed E-state index contributed by atoms with van der Waals surface area (Å²) in [5.41, 5.74) is 2.34. The van der Waals surface area contributed by atoms with Crippen LogP contribution in [0.1, 0.15) is 0 Å². The molecule has 0 amide bonds. The van der Waals surface area contributed by atoms with Crippen LogP contribution < -0.4 is 0 Å². The molecule has 2 N–H and O–H groups in total. The second-order valence-electron chi connectivity index (χ2n) is 5.97. The van der Waals surface area contributed by atoms with E-state index in [1.807, 2.05) is 18.3 Å². The maximum atomic E-state index is 3.48. The van der Waals surface area contributed by atoms with Gasteiger partial charge in [0.2, 0.25) is 0 Å². The highest BCUT2D eigenvalue weighted by Crippen LogP contribution is 2.34. The van der Waals surface area contributed by atoms with Crippen molar-refractivity contribution in [2.75, 3.05) is 0 Å². The van der Waals surface area contributed by atoms with Crippen LogP contribution in [-0.2, 0) is 0 Å². The van der Waals surface area contributed by atoms with Crippen molar-refractivity contribution in [1.29, 1.82) is 0 Å². The largest absolute Gasteiger partial charge is 0.361 e. The van der Waals surface area contributed by atoms with E-state index in [-0.39, 0.29) is 0 Å². The first-order valence-electron chi connectivity index (χ1n) is 8.41. The molecule has 0 atom stereocenters. The second kappa shape index (κ2) is 8.38. The molecule has 0 unspecified atom stereocenters. The van der Waals surface area contributed by atoms with Crippen LogP contribution in [0.15, 0.2) is 104 Å². The lowest BCUT2D eigenvalue weighted by molar-refractivity contribution is 1.39. The van der Waals surface area contributed by atoms with Gasteiger partial charge in [0.25, 0.3) is 0 Å². The molecule has 3 aromatic carbocycles. The molecule has 2 nitrogen and oxygen atoms in total. The quantitative estimate of drug-likeness (QED) is 0.253. The molecule has 0 aliphatic carbocycles. The molecular weight excluding hydrogens is 484 g/mol. The third kappa shape index (κ3) is 4.49. The predicted octanol–water partition coefficient (Wildman–Crippen LogP) is 8.01. The normalized spacial score (nSPS) is 10.7. The van der Waals surface area contributed by atoms with E-state index in [1.165, 1.54) is 26.1 Å². The molecule has 2 aromatic heterocycles. The van der Waals surface area contributed by atoms with E-state index in [0.29, 0.717) is 0 Å². The Morgan fingerprint density at radius 1 is 0.704 bits per heavy atom. The van der Waals surface area contributed by atoms with Gasteiger partial charge in [-0.15, -0.1) is 0 Å². The SMILES string of the molecule is Brc1ccc2c(Sc3ccccc3)c[nH]c2c1.Brc1ccc2cc[nH]c2c1. The van der Waals surface area contributed by atoms with Crippen molar-refractivity contribution < 1.29 is 0 Å². The van der Waals surface area contributed by atoms with Crippen molar-refractivity contribution in [2.45, 2.75) is 9.79 Å². The summed E-state index contributed by atoms with van der Waals surface area (Å²) in [6.07, 6.45) is 4.01. The topological polar surface area (TPSA) is 31.6 Å². The lowest BCUT2D eigenvalue weighted by Crippen LogP contribution is -1.71. The van der Waals surface area contributed by atoms with E-state index in [4.69, 9.17) is 0 Å². The molecule has 0 fully saturated rings. The minimum Gasteiger partial charge on any atom is -0.361 e. The average Bonchev–Trinajstić information content (AvgIpc) is 3.29. The van der Waals surface area contributed by atoms with Crippen LogP contribution in [0.4, 0.5) is 0 Å². The molecule has 0 saturated heterocycles. The Morgan fingerprint density at radius 2 is 1.44 bits per heavy atom. The number of fused-ring (bicyclic) bond motifs is 2. The maximum Gasteiger partial charge on any atom is 0.0477 e. The van der Waals surface area contributed by atoms with Gasteiger partial charge < -0.3 is 9.97 Å². The smallest absolute Gasteiger partial charge is 0.0477 e. The molecule has 0 saturated carbocycles. The number of aromatic amines is 2. The molecule has 0 spiro atoms. The van der Waals surface area contributed by atoms with Crippen molar-refractivity contribution in [3.63, 3.8) is 0 Å². The van der Waals surface area contributed by atoms with E-state index < -0.39 is 0 Å². The Hall–Kier alpha value is -1.95. The van der Waals surface area contributed by atoms with E-state index in [2.05, 4.69) is 109 Å². The third-order valence-electron chi connectivity index (χ3n) is 4.09. The monoisotopic (exact) mass is 498 g/mol. The Balaban J connectivity index is 0.000000153. The zero-order valence-electron chi connectivity index (χ0n) is 14.2. The highest BCUT2D eigenvalue weighted by atomic mass is 79.9. The number of H-pyrrole nitrogens is 2. The van der Waals surface area contributed by atoms with Gasteiger partial charge in [0.05, 0.1) is 0 Å². The number of hydrogen-bond acceptors (Lipinski definition) is 1. The average molecular weight is 500 g/mol. The fourth-order valence-electron chi connectivity index (χ4n) is 2.79. The first kappa shape index (κ1) is 18.4. The van der Waals surface area contributed by atoms with Gasteiger partial charge in [0.1, 0.15) is 0 Å². The number of aromatic nitrogens is 2. The van der Waals surface area contributed by atoms with Crippen molar-refractivity contribution in [3.8, 4) is 0 Å². The lowest BCUT2D eigenvalue weighted by atomic mass is 10.2. The van der Waals surface area contributed by atoms with Crippen molar-refractivity contribution in [1.82, 2.24) is 9.97 Å². The summed E-state index contributed by atoms with van der Waals surface area (Å²) in [5, 5.41) is 2.52. The molecule has 0 bridgehead atoms. The van der Waals surface area contributed by atoms with Crippen LogP contribution in [0.25, 0.3) is 21.8 Å². The maximum absolute atomic E-state index is 3.48. The zero-order chi connectivity index (χ0) is 18.6. The van der Waals surface area contributed by atoms with Crippen LogP contribution in [0.2, 0.25) is 0 Å². The second-order valence-corrected chi connectivity index (χ2v) is 8.91. The summed E-state index contributed by atoms with van der Waals surface area (Å²) < 4.78 is 2.21. The molecule has 0 aliphatic heterocycles. The van der Waals surface area contributed by atoms with Crippen LogP contribution in [-0.4, -0.2) is 9.97 Å². The molecule has 27 heavy (non-hydrogen) atoms. The first-order valence-corrected chi connectivity index (χ1v) is 10.8. The lowest BCUT2D eigenvalue weighted by Gasteiger charge is -1.99. The van der Waals surface area contributed by atoms with Crippen molar-refractivity contribution in [3.05, 3.63) is 94.1 Å². The minimum atomic E-state index is 1.10. The highest BCUT2D eigenvalue weighted by molar-refractivity contribution is 9.10. The molecule has 5 aromatic rings. The van der Waals surface area contributed by atoms with E-state index in [1.54, 1.807) is 11.8 Å². The summed E-state index contributed by atoms with van der Waals surface area (Å²) in [5.74, 6) is 0. The molecule has 2 heterocycles. The van der Waals surface area contributed by atoms with Gasteiger partial charge >= 0.3 is 0 Å². The van der Waals surface area contributed by atoms with E-state index in [9.17, 15) is 0 Å². The standard InChI is InChI=1S/C14H10BrNS.C8H6BrN/c15-10-6-7-12-13(8-10)16-9-14(12)17-11-4-2-1-3-5-11;9-7-2-1-6-3-4-10-8(6)5-7/h1-9,16H;1-5,10H. The van der Waals surface area contributed by atoms with Gasteiger partial charge in [0.15, 0.2) is 0 Å². The van der Waals surface area contributed by atoms with Crippen LogP contribution >= 0.6 is 43.6 Å². The number of hydrogen-bond donors (Lipinski definition) is 2. The Morgan fingerprint density at radius 3 is 2.26 bits per heavy atom. The number of nitrogens with one attached hydrogen (secondary N) is 2. The highest BCUT2D eigenvalue weighted by Gasteiger charge is 2.05. The Bertz CT molecular complexity index is 1180. The fraction of sp³-hybridized carbons (Fsp3) is 0. The van der Waals surface area contributed by atoms with Crippen molar-refractivity contribution in [2.24, 2.45) is 0 Å². The summed E-state index contributed by atoms with van der Waals surface area (Å²) in [6, 6.07) is 25.0. The first-order chi connectivity index (χ1) is 13.2. The summed E-state index contributed by atoms with van der Waals surface area (Å²) in [6.45, 7) is 0. The summed E-state index contributed by atoms with van der Waals surface area (Å²) >= 11 is 8.66. The summed E-state index contributed by atoms with van der Waals surface area (Å²) in [7, 11) is 0. The molecule has 0 aliphatic rings. The van der Waals surface area contributed by atoms with Gasteiger partial charge in [-0.2, -0.15) is 0 Å². The number of halogens is 2. The van der Waals surface area contributed by atoms with Gasteiger partial charge in [0, 0.05) is 47.5 Å². The molecular formula is C22H16Br2N2S. The van der Waals surface area contributed by atoms with Gasteiger partial charge in [-0.1, -0.05) is 74.0 Å². The van der Waals surface area contributed by atoms with Crippen molar-refractivity contribution >= 4 is 65.4 Å². The number of rotatable bonds is 2. The van der Waals surface area contributed by atoms with Gasteiger partial charge in [-0.25, -0.2) is 0 Å². The number of benzene rings is 3. The zero-order valence-corrected chi connectivity index (χ0v) is 18.2. The molecule has 0 radical (unpaired) electrons. The Kier molecular flexibility index (Phi) is 5.72. The molecule has 134 valence electrons. The van der Waals surface area contributed by atoms with Crippen LogP contribution in [0.5, 0.6) is 0 Å². The fourth-order valence-corrected chi connectivity index (χ4v) is 4.47. The molecule has 5 heteroatoms. The van der Waals surface area contributed by atoms with Gasteiger partial charge in [-0.05, 0) is 47.9 Å². The van der Waals surface area contributed by atoms with Crippen LogP contribution in [0.3, 0.4) is 0 Å². The summed E-state index contributed by atoms with van der Waals surface area (Å²) in [4.78, 5) is 8.95. The predicted molar refractivity (Wildman–Crippen MR) is 123 cm³/mol. The Labute approximate surface area is 178 Å². The minimum absolute atomic E-state index is 1.10. The van der Waals surface area contributed by atoms with E-state index >= 15 is 0 Å². The van der Waals surface area contributed by atoms with Gasteiger partial charge in [-0.3, -0.25) is 0 Å². The molecule has 5 rings (SSSR count).